The summed E-state index contributed by atoms with van der Waals surface area (Å²) in [7, 11) is 0. The number of carbonyl (C=O) groups is 1. The van der Waals surface area contributed by atoms with Crippen molar-refractivity contribution in [2.45, 2.75) is 13.0 Å². The van der Waals surface area contributed by atoms with Crippen LogP contribution in [0.25, 0.3) is 0 Å². The molecule has 0 aliphatic heterocycles. The van der Waals surface area contributed by atoms with Gasteiger partial charge in [-0.15, -0.1) is 0 Å². The van der Waals surface area contributed by atoms with Crippen LogP contribution in [0.1, 0.15) is 11.1 Å². The van der Waals surface area contributed by atoms with Crippen LogP contribution in [0.5, 0.6) is 0 Å². The molecule has 0 aliphatic carbocycles. The summed E-state index contributed by atoms with van der Waals surface area (Å²) in [5.41, 5.74) is 7.67. The van der Waals surface area contributed by atoms with Crippen molar-refractivity contribution in [1.29, 1.82) is 0 Å². The molecule has 2 aromatic rings. The monoisotopic (exact) mass is 259 g/mol. The standard InChI is InChI=1S/C15H14FNO2/c16-13-3-1-2-12(8-13)10-19-15(18)9-11-4-6-14(17)7-5-11/h1-8H,9-10,17H2. The lowest BCUT2D eigenvalue weighted by Gasteiger charge is -2.05. The van der Waals surface area contributed by atoms with Crippen molar-refractivity contribution in [3.05, 3.63) is 65.5 Å². The van der Waals surface area contributed by atoms with Gasteiger partial charge in [-0.2, -0.15) is 0 Å². The Labute approximate surface area is 110 Å². The molecule has 3 nitrogen and oxygen atoms in total. The van der Waals surface area contributed by atoms with Gasteiger partial charge in [0.15, 0.2) is 0 Å². The smallest absolute Gasteiger partial charge is 0.310 e. The van der Waals surface area contributed by atoms with Crippen LogP contribution < -0.4 is 5.73 Å². The molecule has 2 aromatic carbocycles. The first-order valence-corrected chi connectivity index (χ1v) is 5.88. The van der Waals surface area contributed by atoms with Gasteiger partial charge in [-0.1, -0.05) is 24.3 Å². The first kappa shape index (κ1) is 13.1. The van der Waals surface area contributed by atoms with E-state index in [9.17, 15) is 9.18 Å². The number of ether oxygens (including phenoxy) is 1. The van der Waals surface area contributed by atoms with Gasteiger partial charge in [0.25, 0.3) is 0 Å². The topological polar surface area (TPSA) is 52.3 Å². The van der Waals surface area contributed by atoms with Crippen molar-refractivity contribution < 1.29 is 13.9 Å². The maximum absolute atomic E-state index is 12.9. The summed E-state index contributed by atoms with van der Waals surface area (Å²) >= 11 is 0. The number of carbonyl (C=O) groups excluding carboxylic acids is 1. The highest BCUT2D eigenvalue weighted by Crippen LogP contribution is 2.09. The molecule has 0 aromatic heterocycles. The van der Waals surface area contributed by atoms with Crippen LogP contribution in [0.4, 0.5) is 10.1 Å². The molecule has 0 saturated heterocycles. The molecular weight excluding hydrogens is 245 g/mol. The average Bonchev–Trinajstić information content (AvgIpc) is 2.39. The Bertz CT molecular complexity index is 567. The highest BCUT2D eigenvalue weighted by Gasteiger charge is 2.05. The second-order valence-corrected chi connectivity index (χ2v) is 4.21. The third-order valence-corrected chi connectivity index (χ3v) is 2.62. The number of hydrogen-bond acceptors (Lipinski definition) is 3. The summed E-state index contributed by atoms with van der Waals surface area (Å²) in [6.45, 7) is 0.0750. The van der Waals surface area contributed by atoms with Crippen molar-refractivity contribution in [3.63, 3.8) is 0 Å². The Balaban J connectivity index is 1.86. The fourth-order valence-corrected chi connectivity index (χ4v) is 1.64. The third kappa shape index (κ3) is 4.10. The second-order valence-electron chi connectivity index (χ2n) is 4.21. The van der Waals surface area contributed by atoms with Gasteiger partial charge < -0.3 is 10.5 Å². The van der Waals surface area contributed by atoms with E-state index < -0.39 is 0 Å². The average molecular weight is 259 g/mol. The molecule has 0 spiro atoms. The maximum Gasteiger partial charge on any atom is 0.310 e. The van der Waals surface area contributed by atoms with Crippen molar-refractivity contribution in [3.8, 4) is 0 Å². The lowest BCUT2D eigenvalue weighted by atomic mass is 10.1. The Morgan fingerprint density at radius 2 is 1.84 bits per heavy atom. The summed E-state index contributed by atoms with van der Waals surface area (Å²) in [5.74, 6) is -0.693. The van der Waals surface area contributed by atoms with Gasteiger partial charge in [-0.25, -0.2) is 4.39 Å². The minimum Gasteiger partial charge on any atom is -0.461 e. The summed E-state index contributed by atoms with van der Waals surface area (Å²) in [6, 6.07) is 13.0. The van der Waals surface area contributed by atoms with Crippen LogP contribution in [-0.2, 0) is 22.6 Å². The summed E-state index contributed by atoms with van der Waals surface area (Å²) < 4.78 is 18.0. The predicted octanol–water partition coefficient (Wildman–Crippen LogP) is 2.69. The van der Waals surface area contributed by atoms with Crippen LogP contribution in [0.2, 0.25) is 0 Å². The summed E-state index contributed by atoms with van der Waals surface area (Å²) in [4.78, 5) is 11.6. The van der Waals surface area contributed by atoms with E-state index in [4.69, 9.17) is 10.5 Å². The lowest BCUT2D eigenvalue weighted by molar-refractivity contribution is -0.144. The van der Waals surface area contributed by atoms with Crippen LogP contribution in [0.15, 0.2) is 48.5 Å². The molecule has 0 heterocycles. The van der Waals surface area contributed by atoms with E-state index in [0.717, 1.165) is 5.56 Å². The Hall–Kier alpha value is -2.36. The zero-order valence-electron chi connectivity index (χ0n) is 10.3. The molecule has 2 N–H and O–H groups in total. The zero-order chi connectivity index (χ0) is 13.7. The van der Waals surface area contributed by atoms with Crippen LogP contribution >= 0.6 is 0 Å². The molecule has 0 saturated carbocycles. The van der Waals surface area contributed by atoms with Gasteiger partial charge in [-0.3, -0.25) is 4.79 Å². The van der Waals surface area contributed by atoms with E-state index >= 15 is 0 Å². The van der Waals surface area contributed by atoms with E-state index in [1.54, 1.807) is 36.4 Å². The Morgan fingerprint density at radius 1 is 1.11 bits per heavy atom. The van der Waals surface area contributed by atoms with E-state index in [-0.39, 0.29) is 24.8 Å². The van der Waals surface area contributed by atoms with Gasteiger partial charge in [-0.05, 0) is 35.4 Å². The number of nitrogen functional groups attached to an aromatic ring is 1. The van der Waals surface area contributed by atoms with Crippen molar-refractivity contribution in [2.24, 2.45) is 0 Å². The minimum absolute atomic E-state index is 0.0750. The zero-order valence-corrected chi connectivity index (χ0v) is 10.3. The van der Waals surface area contributed by atoms with Crippen molar-refractivity contribution in [2.75, 3.05) is 5.73 Å². The predicted molar refractivity (Wildman–Crippen MR) is 70.8 cm³/mol. The van der Waals surface area contributed by atoms with E-state index in [2.05, 4.69) is 0 Å². The Kier molecular flexibility index (Phi) is 4.13. The number of anilines is 1. The quantitative estimate of drug-likeness (QED) is 0.678. The molecule has 0 radical (unpaired) electrons. The first-order valence-electron chi connectivity index (χ1n) is 5.88. The second kappa shape index (κ2) is 6.00. The third-order valence-electron chi connectivity index (χ3n) is 2.62. The molecule has 0 unspecified atom stereocenters. The van der Waals surface area contributed by atoms with E-state index in [1.165, 1.54) is 12.1 Å². The van der Waals surface area contributed by atoms with Crippen molar-refractivity contribution in [1.82, 2.24) is 0 Å². The van der Waals surface area contributed by atoms with E-state index in [0.29, 0.717) is 11.3 Å². The Morgan fingerprint density at radius 3 is 2.53 bits per heavy atom. The van der Waals surface area contributed by atoms with Gasteiger partial charge in [0.05, 0.1) is 6.42 Å². The molecule has 0 amide bonds. The van der Waals surface area contributed by atoms with Crippen LogP contribution in [0.3, 0.4) is 0 Å². The molecule has 0 atom stereocenters. The lowest BCUT2D eigenvalue weighted by Crippen LogP contribution is -2.08. The molecular formula is C15H14FNO2. The van der Waals surface area contributed by atoms with E-state index in [1.807, 2.05) is 0 Å². The summed E-state index contributed by atoms with van der Waals surface area (Å²) in [6.07, 6.45) is 0.176. The number of hydrogen-bond donors (Lipinski definition) is 1. The minimum atomic E-state index is -0.353. The molecule has 4 heteroatoms. The molecule has 0 fully saturated rings. The van der Waals surface area contributed by atoms with Gasteiger partial charge in [0.2, 0.25) is 0 Å². The van der Waals surface area contributed by atoms with Gasteiger partial charge in [0, 0.05) is 5.69 Å². The molecule has 19 heavy (non-hydrogen) atoms. The molecule has 0 bridgehead atoms. The fraction of sp³-hybridized carbons (Fsp3) is 0.133. The highest BCUT2D eigenvalue weighted by atomic mass is 19.1. The molecule has 2 rings (SSSR count). The van der Waals surface area contributed by atoms with Crippen molar-refractivity contribution >= 4 is 11.7 Å². The van der Waals surface area contributed by atoms with Crippen LogP contribution in [0, 0.1) is 5.82 Å². The number of halogens is 1. The van der Waals surface area contributed by atoms with Gasteiger partial charge >= 0.3 is 5.97 Å². The highest BCUT2D eigenvalue weighted by molar-refractivity contribution is 5.72. The number of rotatable bonds is 4. The van der Waals surface area contributed by atoms with Crippen LogP contribution in [-0.4, -0.2) is 5.97 Å². The summed E-state index contributed by atoms with van der Waals surface area (Å²) in [5, 5.41) is 0. The maximum atomic E-state index is 12.9. The number of benzene rings is 2. The molecule has 98 valence electrons. The SMILES string of the molecule is Nc1ccc(CC(=O)OCc2cccc(F)c2)cc1. The van der Waals surface area contributed by atoms with Gasteiger partial charge in [0.1, 0.15) is 12.4 Å². The normalized spacial score (nSPS) is 10.2. The first-order chi connectivity index (χ1) is 9.13. The largest absolute Gasteiger partial charge is 0.461 e. The number of nitrogens with two attached hydrogens (primary N) is 1. The molecule has 0 aliphatic rings. The number of esters is 1. The fourth-order valence-electron chi connectivity index (χ4n) is 1.64.